The highest BCUT2D eigenvalue weighted by Gasteiger charge is 2.32. The number of fused-ring (bicyclic) bond motifs is 1. The van der Waals surface area contributed by atoms with Crippen molar-refractivity contribution in [2.45, 2.75) is 51.9 Å². The number of anilines is 1. The third-order valence-corrected chi connectivity index (χ3v) is 7.00. The number of carbonyl (C=O) groups is 1. The maximum Gasteiger partial charge on any atom is 0.416 e. The van der Waals surface area contributed by atoms with Gasteiger partial charge < -0.3 is 15.0 Å². The molecule has 4 aromatic rings. The fourth-order valence-corrected chi connectivity index (χ4v) is 4.69. The Bertz CT molecular complexity index is 1530. The van der Waals surface area contributed by atoms with Crippen LogP contribution in [-0.2, 0) is 12.7 Å². The summed E-state index contributed by atoms with van der Waals surface area (Å²) in [6, 6.07) is 9.73. The van der Waals surface area contributed by atoms with Crippen LogP contribution in [-0.4, -0.2) is 36.6 Å². The fourth-order valence-electron chi connectivity index (χ4n) is 4.69. The van der Waals surface area contributed by atoms with E-state index in [4.69, 9.17) is 0 Å². The van der Waals surface area contributed by atoms with Gasteiger partial charge >= 0.3 is 12.1 Å². The molecule has 2 heterocycles. The third-order valence-electron chi connectivity index (χ3n) is 7.00. The number of aromatic nitrogens is 4. The number of carboxylic acid groups (broad SMARTS) is 1. The molecule has 2 aromatic heterocycles. The first kappa shape index (κ1) is 25.6. The Morgan fingerprint density at radius 3 is 2.53 bits per heavy atom. The lowest BCUT2D eigenvalue weighted by Gasteiger charge is -2.32. The van der Waals surface area contributed by atoms with Crippen LogP contribution in [0.2, 0.25) is 0 Å². The second kappa shape index (κ2) is 9.70. The zero-order valence-electron chi connectivity index (χ0n) is 20.7. The molecule has 0 radical (unpaired) electrons. The van der Waals surface area contributed by atoms with Gasteiger partial charge in [-0.2, -0.15) is 13.2 Å². The third kappa shape index (κ3) is 4.92. The summed E-state index contributed by atoms with van der Waals surface area (Å²) in [4.78, 5) is 24.8. The number of halogens is 4. The molecule has 1 aliphatic rings. The van der Waals surface area contributed by atoms with Gasteiger partial charge in [0.15, 0.2) is 11.5 Å². The molecule has 1 atom stereocenters. The summed E-state index contributed by atoms with van der Waals surface area (Å²) >= 11 is 0. The van der Waals surface area contributed by atoms with E-state index in [2.05, 4.69) is 20.3 Å². The molecule has 2 aromatic carbocycles. The quantitative estimate of drug-likeness (QED) is 0.274. The van der Waals surface area contributed by atoms with E-state index in [1.807, 2.05) is 32.0 Å². The number of hydrogen-bond acceptors (Lipinski definition) is 5. The molecule has 7 nitrogen and oxygen atoms in total. The van der Waals surface area contributed by atoms with Crippen molar-refractivity contribution in [1.82, 2.24) is 19.5 Å². The van der Waals surface area contributed by atoms with Gasteiger partial charge in [0.1, 0.15) is 17.2 Å². The van der Waals surface area contributed by atoms with Crippen molar-refractivity contribution in [3.05, 3.63) is 70.8 Å². The minimum absolute atomic E-state index is 0.00602. The topological polar surface area (TPSA) is 92.9 Å². The number of hydrogen-bond donors (Lipinski definition) is 2. The predicted molar refractivity (Wildman–Crippen MR) is 133 cm³/mol. The van der Waals surface area contributed by atoms with Crippen molar-refractivity contribution in [2.24, 2.45) is 5.92 Å². The van der Waals surface area contributed by atoms with Crippen molar-refractivity contribution >= 4 is 23.0 Å². The molecular formula is C27H25F4N5O2. The molecule has 1 aliphatic carbocycles. The number of nitrogens with one attached hydrogen (secondary N) is 1. The van der Waals surface area contributed by atoms with E-state index in [1.54, 1.807) is 10.6 Å². The summed E-state index contributed by atoms with van der Waals surface area (Å²) in [6.45, 7) is 3.70. The Morgan fingerprint density at radius 2 is 1.92 bits per heavy atom. The van der Waals surface area contributed by atoms with Gasteiger partial charge in [0.05, 0.1) is 12.1 Å². The molecule has 0 spiro atoms. The van der Waals surface area contributed by atoms with Gasteiger partial charge in [0.25, 0.3) is 0 Å². The number of carboxylic acids is 1. The molecule has 0 bridgehead atoms. The average Bonchev–Trinajstić information content (AvgIpc) is 3.17. The van der Waals surface area contributed by atoms with Crippen LogP contribution in [0.5, 0.6) is 0 Å². The second-order valence-corrected chi connectivity index (χ2v) is 9.69. The van der Waals surface area contributed by atoms with Crippen molar-refractivity contribution in [3.8, 4) is 11.4 Å². The molecule has 2 N–H and O–H groups in total. The number of benzene rings is 2. The molecule has 0 amide bonds. The van der Waals surface area contributed by atoms with Crippen molar-refractivity contribution in [1.29, 1.82) is 0 Å². The smallest absolute Gasteiger partial charge is 0.416 e. The lowest BCUT2D eigenvalue weighted by molar-refractivity contribution is -0.137. The highest BCUT2D eigenvalue weighted by atomic mass is 19.4. The minimum Gasteiger partial charge on any atom is -0.475 e. The predicted octanol–water partition coefficient (Wildman–Crippen LogP) is 6.31. The van der Waals surface area contributed by atoms with E-state index in [9.17, 15) is 27.5 Å². The number of aryl methyl sites for hydroxylation is 1. The number of imidazole rings is 1. The molecule has 1 saturated carbocycles. The Kier molecular flexibility index (Phi) is 6.54. The van der Waals surface area contributed by atoms with Gasteiger partial charge in [-0.15, -0.1) is 0 Å². The van der Waals surface area contributed by atoms with E-state index in [0.29, 0.717) is 28.9 Å². The maximum atomic E-state index is 15.0. The van der Waals surface area contributed by atoms with Crippen LogP contribution < -0.4 is 5.32 Å². The van der Waals surface area contributed by atoms with Crippen LogP contribution in [0.15, 0.2) is 42.5 Å². The van der Waals surface area contributed by atoms with E-state index >= 15 is 0 Å². The zero-order chi connectivity index (χ0) is 27.2. The molecular weight excluding hydrogens is 502 g/mol. The second-order valence-electron chi connectivity index (χ2n) is 9.69. The van der Waals surface area contributed by atoms with Crippen molar-refractivity contribution in [2.75, 3.05) is 5.32 Å². The summed E-state index contributed by atoms with van der Waals surface area (Å²) in [5, 5.41) is 12.9. The van der Waals surface area contributed by atoms with Gasteiger partial charge in [-0.25, -0.2) is 24.1 Å². The van der Waals surface area contributed by atoms with Crippen LogP contribution >= 0.6 is 0 Å². The molecule has 38 heavy (non-hydrogen) atoms. The molecule has 11 heteroatoms. The van der Waals surface area contributed by atoms with Crippen LogP contribution in [0.4, 0.5) is 23.4 Å². The number of alkyl halides is 3. The molecule has 0 aliphatic heterocycles. The molecule has 0 saturated heterocycles. The van der Waals surface area contributed by atoms with Crippen LogP contribution in [0.3, 0.4) is 0 Å². The molecule has 5 rings (SSSR count). The summed E-state index contributed by atoms with van der Waals surface area (Å²) in [6.07, 6.45) is -1.51. The average molecular weight is 528 g/mol. The van der Waals surface area contributed by atoms with E-state index < -0.39 is 29.4 Å². The summed E-state index contributed by atoms with van der Waals surface area (Å²) in [5.74, 6) is -1.82. The lowest BCUT2D eigenvalue weighted by Crippen LogP contribution is -2.31. The number of aromatic carboxylic acids is 1. The highest BCUT2D eigenvalue weighted by molar-refractivity contribution is 5.92. The SMILES string of the molecule is Cc1cccc(-c2nc3nc(C(=O)O)nc(N[C@H](C)C4CCC4)c3n2Cc2ccc(C(F)(F)F)cc2F)c1. The summed E-state index contributed by atoms with van der Waals surface area (Å²) < 4.78 is 56.0. The van der Waals surface area contributed by atoms with Crippen LogP contribution in [0.1, 0.15) is 53.5 Å². The first-order chi connectivity index (χ1) is 18.0. The lowest BCUT2D eigenvalue weighted by atomic mass is 9.80. The first-order valence-electron chi connectivity index (χ1n) is 12.2. The Labute approximate surface area is 215 Å². The van der Waals surface area contributed by atoms with E-state index in [-0.39, 0.29) is 29.6 Å². The van der Waals surface area contributed by atoms with E-state index in [1.165, 1.54) is 0 Å². The zero-order valence-corrected chi connectivity index (χ0v) is 20.7. The van der Waals surface area contributed by atoms with Gasteiger partial charge in [0.2, 0.25) is 5.82 Å². The normalized spacial score (nSPS) is 14.9. The van der Waals surface area contributed by atoms with Gasteiger partial charge in [-0.05, 0) is 50.8 Å². The molecule has 1 fully saturated rings. The monoisotopic (exact) mass is 527 g/mol. The van der Waals surface area contributed by atoms with Gasteiger partial charge in [-0.1, -0.05) is 36.2 Å². The molecule has 0 unspecified atom stereocenters. The summed E-state index contributed by atoms with van der Waals surface area (Å²) in [5.41, 5.74) is 0.938. The summed E-state index contributed by atoms with van der Waals surface area (Å²) in [7, 11) is 0. The van der Waals surface area contributed by atoms with Crippen molar-refractivity contribution < 1.29 is 27.5 Å². The van der Waals surface area contributed by atoms with E-state index in [0.717, 1.165) is 37.0 Å². The van der Waals surface area contributed by atoms with Crippen molar-refractivity contribution in [3.63, 3.8) is 0 Å². The van der Waals surface area contributed by atoms with Crippen LogP contribution in [0, 0.1) is 18.7 Å². The Hall–Kier alpha value is -4.02. The largest absolute Gasteiger partial charge is 0.475 e. The number of nitrogens with zero attached hydrogens (tertiary/aromatic N) is 4. The van der Waals surface area contributed by atoms with Gasteiger partial charge in [-0.3, -0.25) is 0 Å². The Morgan fingerprint density at radius 1 is 1.16 bits per heavy atom. The number of rotatable bonds is 7. The van der Waals surface area contributed by atoms with Gasteiger partial charge in [0, 0.05) is 17.2 Å². The first-order valence-corrected chi connectivity index (χ1v) is 12.2. The highest BCUT2D eigenvalue weighted by Crippen LogP contribution is 2.35. The standard InChI is InChI=1S/C27H25F4N5O2/c1-14-5-3-8-17(11-14)25-35-23-21(36(25)13-18-9-10-19(12-20(18)28)27(29,30)31)22(33-24(34-23)26(37)38)32-15(2)16-6-4-7-16/h3,5,8-12,15-16H,4,6-7,13H2,1-2H3,(H,37,38)(H,32,33,34)/t15-/m1/s1. The van der Waals surface area contributed by atoms with Crippen LogP contribution in [0.25, 0.3) is 22.6 Å². The Balaban J connectivity index is 1.71. The fraction of sp³-hybridized carbons (Fsp3) is 0.333. The minimum atomic E-state index is -4.68. The molecule has 198 valence electrons. The maximum absolute atomic E-state index is 15.0.